The van der Waals surface area contributed by atoms with E-state index in [0.717, 1.165) is 63.4 Å². The topological polar surface area (TPSA) is 69.2 Å². The van der Waals surface area contributed by atoms with Crippen LogP contribution in [0.2, 0.25) is 0 Å². The third-order valence-corrected chi connectivity index (χ3v) is 5.12. The van der Waals surface area contributed by atoms with Gasteiger partial charge in [0.25, 0.3) is 0 Å². The number of hydrogen-bond acceptors (Lipinski definition) is 4. The number of nitrogens with zero attached hydrogens (tertiary/aromatic N) is 3. The van der Waals surface area contributed by atoms with E-state index in [1.165, 1.54) is 0 Å². The van der Waals surface area contributed by atoms with Crippen LogP contribution < -0.4 is 15.4 Å². The zero-order valence-corrected chi connectivity index (χ0v) is 18.2. The summed E-state index contributed by atoms with van der Waals surface area (Å²) in [5, 5.41) is 6.35. The number of carbonyl (C=O) groups is 1. The van der Waals surface area contributed by atoms with Gasteiger partial charge in [0.15, 0.2) is 5.96 Å². The highest BCUT2D eigenvalue weighted by atomic mass is 16.5. The molecule has 2 rings (SSSR count). The molecule has 1 amide bonds. The average Bonchev–Trinajstić information content (AvgIpc) is 3.29. The Labute approximate surface area is 175 Å². The Balaban J connectivity index is 1.79. The van der Waals surface area contributed by atoms with Crippen LogP contribution in [0.25, 0.3) is 0 Å². The van der Waals surface area contributed by atoms with E-state index in [1.807, 2.05) is 36.1 Å². The number of rotatable bonds is 11. The molecule has 7 heteroatoms. The van der Waals surface area contributed by atoms with Crippen molar-refractivity contribution in [1.29, 1.82) is 0 Å². The van der Waals surface area contributed by atoms with Crippen LogP contribution >= 0.6 is 0 Å². The van der Waals surface area contributed by atoms with Crippen molar-refractivity contribution in [2.45, 2.75) is 40.2 Å². The van der Waals surface area contributed by atoms with E-state index >= 15 is 0 Å². The van der Waals surface area contributed by atoms with Crippen LogP contribution in [0.15, 0.2) is 29.3 Å². The molecule has 1 heterocycles. The number of ether oxygens (including phenoxy) is 1. The van der Waals surface area contributed by atoms with Gasteiger partial charge < -0.3 is 25.2 Å². The molecule has 0 atom stereocenters. The highest BCUT2D eigenvalue weighted by molar-refractivity contribution is 5.86. The minimum Gasteiger partial charge on any atom is -0.492 e. The van der Waals surface area contributed by atoms with E-state index in [-0.39, 0.29) is 12.5 Å². The fraction of sp³-hybridized carbons (Fsp3) is 0.636. The first-order chi connectivity index (χ1) is 14.2. The zero-order chi connectivity index (χ0) is 20.9. The number of aliphatic imine (C=N–C) groups is 1. The van der Waals surface area contributed by atoms with Crippen molar-refractivity contribution in [3.8, 4) is 5.75 Å². The molecule has 0 aliphatic carbocycles. The van der Waals surface area contributed by atoms with Crippen LogP contribution in [-0.2, 0) is 11.3 Å². The van der Waals surface area contributed by atoms with Gasteiger partial charge >= 0.3 is 0 Å². The lowest BCUT2D eigenvalue weighted by atomic mass is 10.2. The van der Waals surface area contributed by atoms with Crippen molar-refractivity contribution in [3.63, 3.8) is 0 Å². The van der Waals surface area contributed by atoms with Gasteiger partial charge in [-0.25, -0.2) is 4.99 Å². The molecule has 162 valence electrons. The Morgan fingerprint density at radius 2 is 1.79 bits per heavy atom. The van der Waals surface area contributed by atoms with Crippen molar-refractivity contribution in [2.24, 2.45) is 4.99 Å². The normalized spacial score (nSPS) is 14.3. The van der Waals surface area contributed by atoms with Gasteiger partial charge in [-0.05, 0) is 50.6 Å². The van der Waals surface area contributed by atoms with Crippen molar-refractivity contribution in [1.82, 2.24) is 20.4 Å². The minimum absolute atomic E-state index is 0.138. The number of amides is 1. The maximum atomic E-state index is 12.2. The fourth-order valence-corrected chi connectivity index (χ4v) is 3.27. The number of likely N-dealkylation sites (N-methyl/N-ethyl adjacent to an activating group) is 1. The Bertz CT molecular complexity index is 623. The predicted molar refractivity (Wildman–Crippen MR) is 118 cm³/mol. The standard InChI is InChI=1S/C22H37N5O2/c1-4-23-22(25-18-21(28)27-13-7-8-14-27)24-17-19-9-11-20(12-10-19)29-16-15-26(5-2)6-3/h9-12H,4-8,13-18H2,1-3H3,(H2,23,24,25). The summed E-state index contributed by atoms with van der Waals surface area (Å²) in [5.74, 6) is 1.69. The number of likely N-dealkylation sites (tertiary alicyclic amines) is 1. The number of carbonyl (C=O) groups excluding carboxylic acids is 1. The molecule has 1 aromatic carbocycles. The lowest BCUT2D eigenvalue weighted by Crippen LogP contribution is -2.44. The molecule has 0 saturated carbocycles. The van der Waals surface area contributed by atoms with Crippen LogP contribution in [0.5, 0.6) is 5.75 Å². The van der Waals surface area contributed by atoms with E-state index in [2.05, 4.69) is 34.4 Å². The second kappa shape index (κ2) is 13.0. The summed E-state index contributed by atoms with van der Waals surface area (Å²) in [4.78, 5) is 21.0. The fourth-order valence-electron chi connectivity index (χ4n) is 3.27. The zero-order valence-electron chi connectivity index (χ0n) is 18.2. The van der Waals surface area contributed by atoms with Crippen molar-refractivity contribution in [2.75, 3.05) is 52.4 Å². The molecule has 0 unspecified atom stereocenters. The molecule has 1 aromatic rings. The maximum absolute atomic E-state index is 12.2. The van der Waals surface area contributed by atoms with E-state index in [1.54, 1.807) is 0 Å². The van der Waals surface area contributed by atoms with Gasteiger partial charge in [-0.1, -0.05) is 26.0 Å². The monoisotopic (exact) mass is 403 g/mol. The van der Waals surface area contributed by atoms with E-state index in [4.69, 9.17) is 4.74 Å². The average molecular weight is 404 g/mol. The van der Waals surface area contributed by atoms with Gasteiger partial charge in [-0.2, -0.15) is 0 Å². The number of nitrogens with one attached hydrogen (secondary N) is 2. The summed E-state index contributed by atoms with van der Waals surface area (Å²) in [6.45, 7) is 13.4. The molecule has 1 fully saturated rings. The van der Waals surface area contributed by atoms with Crippen LogP contribution in [0, 0.1) is 0 Å². The predicted octanol–water partition coefficient (Wildman–Crippen LogP) is 2.08. The lowest BCUT2D eigenvalue weighted by Gasteiger charge is -2.18. The van der Waals surface area contributed by atoms with E-state index in [0.29, 0.717) is 19.1 Å². The van der Waals surface area contributed by atoms with Gasteiger partial charge in [-0.3, -0.25) is 4.79 Å². The van der Waals surface area contributed by atoms with E-state index in [9.17, 15) is 4.79 Å². The van der Waals surface area contributed by atoms with Crippen LogP contribution in [0.3, 0.4) is 0 Å². The molecular weight excluding hydrogens is 366 g/mol. The van der Waals surface area contributed by atoms with Gasteiger partial charge in [0.05, 0.1) is 13.1 Å². The Morgan fingerprint density at radius 3 is 2.41 bits per heavy atom. The molecule has 0 aromatic heterocycles. The molecule has 0 bridgehead atoms. The van der Waals surface area contributed by atoms with Gasteiger partial charge in [0.2, 0.25) is 5.91 Å². The molecule has 1 aliphatic rings. The van der Waals surface area contributed by atoms with E-state index < -0.39 is 0 Å². The summed E-state index contributed by atoms with van der Waals surface area (Å²) in [7, 11) is 0. The first kappa shape index (κ1) is 23.0. The van der Waals surface area contributed by atoms with Gasteiger partial charge in [0.1, 0.15) is 12.4 Å². The third-order valence-electron chi connectivity index (χ3n) is 5.12. The summed E-state index contributed by atoms with van der Waals surface area (Å²) < 4.78 is 5.83. The molecule has 1 aliphatic heterocycles. The summed E-state index contributed by atoms with van der Waals surface area (Å²) >= 11 is 0. The molecule has 2 N–H and O–H groups in total. The summed E-state index contributed by atoms with van der Waals surface area (Å²) in [5.41, 5.74) is 1.10. The summed E-state index contributed by atoms with van der Waals surface area (Å²) in [6, 6.07) is 8.05. The SMILES string of the molecule is CCNC(=NCc1ccc(OCCN(CC)CC)cc1)NCC(=O)N1CCCC1. The molecule has 7 nitrogen and oxygen atoms in total. The third kappa shape index (κ3) is 8.31. The highest BCUT2D eigenvalue weighted by Gasteiger charge is 2.17. The van der Waals surface area contributed by atoms with Crippen molar-refractivity contribution in [3.05, 3.63) is 29.8 Å². The van der Waals surface area contributed by atoms with Crippen LogP contribution in [0.1, 0.15) is 39.2 Å². The number of guanidine groups is 1. The van der Waals surface area contributed by atoms with Crippen LogP contribution in [-0.4, -0.2) is 74.1 Å². The second-order valence-corrected chi connectivity index (χ2v) is 7.16. The molecule has 29 heavy (non-hydrogen) atoms. The first-order valence-electron chi connectivity index (χ1n) is 10.9. The highest BCUT2D eigenvalue weighted by Crippen LogP contribution is 2.13. The van der Waals surface area contributed by atoms with Crippen LogP contribution in [0.4, 0.5) is 0 Å². The molecule has 0 spiro atoms. The lowest BCUT2D eigenvalue weighted by molar-refractivity contribution is -0.128. The second-order valence-electron chi connectivity index (χ2n) is 7.16. The Kier molecular flexibility index (Phi) is 10.3. The van der Waals surface area contributed by atoms with Crippen molar-refractivity contribution < 1.29 is 9.53 Å². The first-order valence-corrected chi connectivity index (χ1v) is 10.9. The molecular formula is C22H37N5O2. The molecule has 0 radical (unpaired) electrons. The van der Waals surface area contributed by atoms with Gasteiger partial charge in [-0.15, -0.1) is 0 Å². The Morgan fingerprint density at radius 1 is 1.10 bits per heavy atom. The van der Waals surface area contributed by atoms with Gasteiger partial charge in [0, 0.05) is 26.2 Å². The van der Waals surface area contributed by atoms with Crippen molar-refractivity contribution >= 4 is 11.9 Å². The number of benzene rings is 1. The quantitative estimate of drug-likeness (QED) is 0.437. The molecule has 1 saturated heterocycles. The smallest absolute Gasteiger partial charge is 0.241 e. The Hall–Kier alpha value is -2.28. The summed E-state index contributed by atoms with van der Waals surface area (Å²) in [6.07, 6.45) is 2.21. The largest absolute Gasteiger partial charge is 0.492 e. The maximum Gasteiger partial charge on any atom is 0.241 e. The number of hydrogen-bond donors (Lipinski definition) is 2. The minimum atomic E-state index is 0.138.